The molecule has 0 aromatic rings. The second-order valence-electron chi connectivity index (χ2n) is 1.00. The Morgan fingerprint density at radius 1 is 1.50 bits per heavy atom. The molecule has 0 aromatic heterocycles. The summed E-state index contributed by atoms with van der Waals surface area (Å²) < 4.78 is 0. The number of rotatable bonds is 0. The fourth-order valence-corrected chi connectivity index (χ4v) is 0.340. The molecule has 6 heavy (non-hydrogen) atoms. The van der Waals surface area contributed by atoms with Crippen LogP contribution in [0.15, 0.2) is 18.2 Å². The molecule has 0 nitrogen and oxygen atoms in total. The van der Waals surface area contributed by atoms with Gasteiger partial charge in [-0.05, 0) is 0 Å². The van der Waals surface area contributed by atoms with E-state index in [-0.39, 0.29) is 19.5 Å². The van der Waals surface area contributed by atoms with Crippen LogP contribution in [0.4, 0.5) is 0 Å². The van der Waals surface area contributed by atoms with Gasteiger partial charge in [0.05, 0.1) is 0 Å². The summed E-state index contributed by atoms with van der Waals surface area (Å²) in [5.74, 6) is 0. The van der Waals surface area contributed by atoms with Crippen molar-refractivity contribution in [2.45, 2.75) is 6.42 Å². The summed E-state index contributed by atoms with van der Waals surface area (Å²) in [4.78, 5) is 0. The van der Waals surface area contributed by atoms with Gasteiger partial charge in [-0.2, -0.15) is 6.08 Å². The maximum absolute atomic E-state index is 2.99. The second-order valence-corrected chi connectivity index (χ2v) is 1.00. The molecule has 1 aliphatic carbocycles. The van der Waals surface area contributed by atoms with Crippen LogP contribution in [0.1, 0.15) is 6.42 Å². The maximum atomic E-state index is 2.99. The topological polar surface area (TPSA) is 0 Å². The minimum absolute atomic E-state index is 0. The predicted octanol–water partition coefficient (Wildman–Crippen LogP) is 0.768. The van der Waals surface area contributed by atoms with Crippen LogP contribution in [0, 0.1) is 6.08 Å². The van der Waals surface area contributed by atoms with Crippen LogP contribution in [0.2, 0.25) is 0 Å². The van der Waals surface area contributed by atoms with Crippen molar-refractivity contribution >= 4 is 0 Å². The number of allylic oxidation sites excluding steroid dienone is 4. The number of hydrogen-bond donors (Lipinski definition) is 0. The van der Waals surface area contributed by atoms with Crippen LogP contribution in [0.5, 0.6) is 0 Å². The molecule has 0 saturated carbocycles. The van der Waals surface area contributed by atoms with Gasteiger partial charge in [0.2, 0.25) is 0 Å². The van der Waals surface area contributed by atoms with Gasteiger partial charge in [0.25, 0.3) is 0 Å². The van der Waals surface area contributed by atoms with E-state index in [1.54, 1.807) is 0 Å². The Kier molecular flexibility index (Phi) is 3.36. The third-order valence-corrected chi connectivity index (χ3v) is 0.586. The molecule has 1 heteroatoms. The Hall–Kier alpha value is 0.103. The molecule has 0 aromatic carbocycles. The van der Waals surface area contributed by atoms with Gasteiger partial charge in [-0.1, -0.05) is 0 Å². The summed E-state index contributed by atoms with van der Waals surface area (Å²) in [5, 5.41) is 0. The van der Waals surface area contributed by atoms with Gasteiger partial charge in [-0.25, -0.2) is 12.2 Å². The van der Waals surface area contributed by atoms with Gasteiger partial charge in [-0.3, -0.25) is 6.08 Å². The van der Waals surface area contributed by atoms with Crippen LogP contribution >= 0.6 is 0 Å². The summed E-state index contributed by atoms with van der Waals surface area (Å²) in [6, 6.07) is 0. The van der Waals surface area contributed by atoms with Gasteiger partial charge in [0.15, 0.2) is 0 Å². The van der Waals surface area contributed by atoms with E-state index in [2.05, 4.69) is 12.2 Å². The minimum atomic E-state index is 0. The monoisotopic (exact) mass is 169 g/mol. The van der Waals surface area contributed by atoms with Crippen molar-refractivity contribution in [3.05, 3.63) is 24.3 Å². The van der Waals surface area contributed by atoms with Crippen LogP contribution in [-0.4, -0.2) is 0 Å². The van der Waals surface area contributed by atoms with E-state index in [1.165, 1.54) is 0 Å². The van der Waals surface area contributed by atoms with Crippen molar-refractivity contribution in [3.8, 4) is 0 Å². The summed E-state index contributed by atoms with van der Waals surface area (Å²) >= 11 is 0. The first kappa shape index (κ1) is 6.10. The predicted molar refractivity (Wildman–Crippen MR) is 24.4 cm³/mol. The van der Waals surface area contributed by atoms with E-state index >= 15 is 0 Å². The second kappa shape index (κ2) is 3.30. The Morgan fingerprint density at radius 2 is 2.33 bits per heavy atom. The first-order valence-electron chi connectivity index (χ1n) is 1.72. The Balaban J connectivity index is 0.000000250. The van der Waals surface area contributed by atoms with Crippen LogP contribution < -0.4 is 0 Å². The molecule has 0 saturated heterocycles. The van der Waals surface area contributed by atoms with E-state index in [9.17, 15) is 0 Å². The van der Waals surface area contributed by atoms with Crippen LogP contribution in [0.3, 0.4) is 0 Å². The first-order chi connectivity index (χ1) is 2.50. The standard InChI is InChI=1S/C5H5.Ru.2H/c1-2-4-5-3-1;;;/h1-3H,4H2;;;/q-1;;;. The molecular weight excluding hydrogens is 161 g/mol. The van der Waals surface area contributed by atoms with Crippen molar-refractivity contribution in [2.24, 2.45) is 0 Å². The van der Waals surface area contributed by atoms with E-state index in [0.717, 1.165) is 6.42 Å². The molecule has 36 valence electrons. The van der Waals surface area contributed by atoms with E-state index in [0.29, 0.717) is 0 Å². The molecule has 0 heterocycles. The SMILES string of the molecule is [C-]1=CC=CC1.[RuH2]. The molecule has 1 aliphatic rings. The van der Waals surface area contributed by atoms with Gasteiger partial charge in [0, 0.05) is 0 Å². The van der Waals surface area contributed by atoms with Crippen molar-refractivity contribution in [1.29, 1.82) is 0 Å². The van der Waals surface area contributed by atoms with Crippen molar-refractivity contribution < 1.29 is 19.5 Å². The molecule has 1 rings (SSSR count). The summed E-state index contributed by atoms with van der Waals surface area (Å²) in [7, 11) is 0. The summed E-state index contributed by atoms with van der Waals surface area (Å²) in [5.41, 5.74) is 0. The third kappa shape index (κ3) is 1.52. The van der Waals surface area contributed by atoms with Crippen LogP contribution in [-0.2, 0) is 19.5 Å². The number of hydrogen-bond acceptors (Lipinski definition) is 0. The molecule has 0 fully saturated rings. The van der Waals surface area contributed by atoms with Gasteiger partial charge in [-0.15, -0.1) is 6.42 Å². The normalized spacial score (nSPS) is 14.7. The van der Waals surface area contributed by atoms with Crippen LogP contribution in [0.25, 0.3) is 0 Å². The van der Waals surface area contributed by atoms with Gasteiger partial charge < -0.3 is 0 Å². The molecular formula is C5H7Ru-. The molecule has 0 unspecified atom stereocenters. The van der Waals surface area contributed by atoms with Gasteiger partial charge >= 0.3 is 19.5 Å². The quantitative estimate of drug-likeness (QED) is 0.370. The molecule has 0 amide bonds. The van der Waals surface area contributed by atoms with E-state index in [4.69, 9.17) is 0 Å². The zero-order valence-corrected chi connectivity index (χ0v) is 5.35. The van der Waals surface area contributed by atoms with Crippen molar-refractivity contribution in [3.63, 3.8) is 0 Å². The molecule has 0 bridgehead atoms. The Labute approximate surface area is 50.7 Å². The first-order valence-corrected chi connectivity index (χ1v) is 1.72. The third-order valence-electron chi connectivity index (χ3n) is 0.586. The molecule has 0 atom stereocenters. The average Bonchev–Trinajstić information content (AvgIpc) is 1.76. The van der Waals surface area contributed by atoms with Gasteiger partial charge in [0.1, 0.15) is 0 Å². The Morgan fingerprint density at radius 3 is 2.50 bits per heavy atom. The molecule has 0 N–H and O–H groups in total. The Bertz CT molecular complexity index is 62.0. The average molecular weight is 168 g/mol. The fourth-order valence-electron chi connectivity index (χ4n) is 0.340. The van der Waals surface area contributed by atoms with E-state index in [1.807, 2.05) is 12.2 Å². The van der Waals surface area contributed by atoms with E-state index < -0.39 is 0 Å². The molecule has 0 spiro atoms. The molecule has 0 radical (unpaired) electrons. The summed E-state index contributed by atoms with van der Waals surface area (Å²) in [6.07, 6.45) is 10.0. The zero-order valence-electron chi connectivity index (χ0n) is 3.35. The van der Waals surface area contributed by atoms with Crippen molar-refractivity contribution in [2.75, 3.05) is 0 Å². The van der Waals surface area contributed by atoms with Crippen molar-refractivity contribution in [1.82, 2.24) is 0 Å². The summed E-state index contributed by atoms with van der Waals surface area (Å²) in [6.45, 7) is 0. The zero-order chi connectivity index (χ0) is 3.54. The fraction of sp³-hybridized carbons (Fsp3) is 0.200. The molecule has 0 aliphatic heterocycles.